The normalized spacial score (nSPS) is 13.9. The number of thiophene rings is 1. The van der Waals surface area contributed by atoms with Crippen LogP contribution in [0.1, 0.15) is 19.3 Å². The number of aromatic amines is 1. The number of nitrogens with zero attached hydrogens (tertiary/aromatic N) is 3. The van der Waals surface area contributed by atoms with E-state index in [1.165, 1.54) is 0 Å². The lowest BCUT2D eigenvalue weighted by atomic mass is 10.3. The zero-order chi connectivity index (χ0) is 18.1. The van der Waals surface area contributed by atoms with Gasteiger partial charge < -0.3 is 16.0 Å². The Labute approximate surface area is 155 Å². The lowest BCUT2D eigenvalue weighted by Crippen LogP contribution is -2.30. The molecule has 1 fully saturated rings. The van der Waals surface area contributed by atoms with Gasteiger partial charge in [-0.1, -0.05) is 0 Å². The summed E-state index contributed by atoms with van der Waals surface area (Å²) in [4.78, 5) is 19.3. The second-order valence-electron chi connectivity index (χ2n) is 6.70. The quantitative estimate of drug-likeness (QED) is 0.555. The van der Waals surface area contributed by atoms with Crippen molar-refractivity contribution in [3.63, 3.8) is 0 Å². The van der Waals surface area contributed by atoms with E-state index in [9.17, 15) is 4.79 Å². The molecule has 26 heavy (non-hydrogen) atoms. The Kier molecular flexibility index (Phi) is 4.50. The number of carbonyl (C=O) groups excluding carboxylic acids is 1. The zero-order valence-electron chi connectivity index (χ0n) is 14.7. The first kappa shape index (κ1) is 16.8. The van der Waals surface area contributed by atoms with Gasteiger partial charge in [-0.05, 0) is 31.4 Å². The Morgan fingerprint density at radius 1 is 1.46 bits per heavy atom. The Balaban J connectivity index is 1.43. The third kappa shape index (κ3) is 3.50. The maximum Gasteiger partial charge on any atom is 0.225 e. The van der Waals surface area contributed by atoms with Crippen molar-refractivity contribution in [1.29, 1.82) is 0 Å². The summed E-state index contributed by atoms with van der Waals surface area (Å²) >= 11 is 1.66. The number of amides is 1. The SMILES string of the molecule is CN(CCCNc1cc(N)nc2cc(-c3ccn[nH]3)sc12)C(=O)C1CC1. The summed E-state index contributed by atoms with van der Waals surface area (Å²) in [6.07, 6.45) is 4.72. The molecule has 4 rings (SSSR count). The number of carbonyl (C=O) groups is 1. The molecule has 1 aliphatic rings. The minimum Gasteiger partial charge on any atom is -0.384 e. The summed E-state index contributed by atoms with van der Waals surface area (Å²) in [6.45, 7) is 1.54. The summed E-state index contributed by atoms with van der Waals surface area (Å²) in [5.41, 5.74) is 8.80. The smallest absolute Gasteiger partial charge is 0.225 e. The summed E-state index contributed by atoms with van der Waals surface area (Å²) in [5, 5.41) is 10.4. The van der Waals surface area contributed by atoms with Gasteiger partial charge in [0.2, 0.25) is 5.91 Å². The highest BCUT2D eigenvalue weighted by Crippen LogP contribution is 2.36. The molecular weight excluding hydrogens is 348 g/mol. The van der Waals surface area contributed by atoms with Crippen LogP contribution < -0.4 is 11.1 Å². The molecule has 0 aliphatic heterocycles. The van der Waals surface area contributed by atoms with Crippen molar-refractivity contribution in [2.45, 2.75) is 19.3 Å². The van der Waals surface area contributed by atoms with Crippen molar-refractivity contribution >= 4 is 39.0 Å². The molecule has 0 aromatic carbocycles. The first-order valence-corrected chi connectivity index (χ1v) is 9.62. The average Bonchev–Trinajstić information content (AvgIpc) is 3.15. The Hall–Kier alpha value is -2.61. The third-order valence-electron chi connectivity index (χ3n) is 4.55. The second kappa shape index (κ2) is 6.95. The molecule has 0 bridgehead atoms. The number of anilines is 2. The van der Waals surface area contributed by atoms with E-state index in [-0.39, 0.29) is 11.8 Å². The molecule has 1 saturated carbocycles. The summed E-state index contributed by atoms with van der Waals surface area (Å²) < 4.78 is 1.08. The fourth-order valence-corrected chi connectivity index (χ4v) is 4.06. The number of aromatic nitrogens is 3. The average molecular weight is 370 g/mol. The third-order valence-corrected chi connectivity index (χ3v) is 5.74. The minimum atomic E-state index is 0.277. The molecule has 1 amide bonds. The molecule has 0 spiro atoms. The van der Waals surface area contributed by atoms with Gasteiger partial charge in [-0.25, -0.2) is 4.98 Å². The van der Waals surface area contributed by atoms with Crippen LogP contribution in [0.25, 0.3) is 20.8 Å². The molecule has 4 N–H and O–H groups in total. The zero-order valence-corrected chi connectivity index (χ0v) is 15.5. The number of hydrogen-bond donors (Lipinski definition) is 3. The van der Waals surface area contributed by atoms with Crippen LogP contribution in [-0.2, 0) is 4.79 Å². The van der Waals surface area contributed by atoms with Crippen molar-refractivity contribution in [2.75, 3.05) is 31.2 Å². The number of nitrogen functional groups attached to an aromatic ring is 1. The number of nitrogens with one attached hydrogen (secondary N) is 2. The monoisotopic (exact) mass is 370 g/mol. The Morgan fingerprint density at radius 2 is 2.31 bits per heavy atom. The van der Waals surface area contributed by atoms with E-state index in [2.05, 4.69) is 20.5 Å². The highest BCUT2D eigenvalue weighted by atomic mass is 32.1. The second-order valence-corrected chi connectivity index (χ2v) is 7.76. The van der Waals surface area contributed by atoms with Crippen molar-refractivity contribution in [3.8, 4) is 10.6 Å². The topological polar surface area (TPSA) is 99.9 Å². The molecular formula is C18H22N6OS. The van der Waals surface area contributed by atoms with Gasteiger partial charge in [-0.2, -0.15) is 5.10 Å². The minimum absolute atomic E-state index is 0.277. The van der Waals surface area contributed by atoms with Gasteiger partial charge in [0.05, 0.1) is 26.5 Å². The number of H-pyrrole nitrogens is 1. The lowest BCUT2D eigenvalue weighted by Gasteiger charge is -2.17. The van der Waals surface area contributed by atoms with E-state index >= 15 is 0 Å². The molecule has 136 valence electrons. The van der Waals surface area contributed by atoms with Crippen LogP contribution in [0.3, 0.4) is 0 Å². The van der Waals surface area contributed by atoms with Crippen LogP contribution in [-0.4, -0.2) is 46.1 Å². The predicted octanol–water partition coefficient (Wildman–Crippen LogP) is 2.94. The molecule has 0 radical (unpaired) electrons. The van der Waals surface area contributed by atoms with Crippen LogP contribution in [0.15, 0.2) is 24.4 Å². The molecule has 1 aliphatic carbocycles. The number of nitrogens with two attached hydrogens (primary N) is 1. The molecule has 0 saturated heterocycles. The highest BCUT2D eigenvalue weighted by Gasteiger charge is 2.31. The van der Waals surface area contributed by atoms with Crippen LogP contribution in [0, 0.1) is 5.92 Å². The number of pyridine rings is 1. The maximum atomic E-state index is 12.0. The predicted molar refractivity (Wildman–Crippen MR) is 105 cm³/mol. The number of rotatable bonds is 7. The van der Waals surface area contributed by atoms with Gasteiger partial charge in [0.1, 0.15) is 5.82 Å². The van der Waals surface area contributed by atoms with Gasteiger partial charge in [0.25, 0.3) is 0 Å². The van der Waals surface area contributed by atoms with Crippen molar-refractivity contribution in [3.05, 3.63) is 24.4 Å². The van der Waals surface area contributed by atoms with E-state index in [1.54, 1.807) is 17.5 Å². The molecule has 7 nitrogen and oxygen atoms in total. The van der Waals surface area contributed by atoms with Crippen molar-refractivity contribution < 1.29 is 4.79 Å². The van der Waals surface area contributed by atoms with Crippen LogP contribution >= 0.6 is 11.3 Å². The van der Waals surface area contributed by atoms with Crippen LogP contribution in [0.4, 0.5) is 11.5 Å². The Bertz CT molecular complexity index is 915. The molecule has 3 aromatic heterocycles. The van der Waals surface area contributed by atoms with Crippen molar-refractivity contribution in [1.82, 2.24) is 20.1 Å². The molecule has 3 heterocycles. The summed E-state index contributed by atoms with van der Waals surface area (Å²) in [6, 6.07) is 5.83. The summed E-state index contributed by atoms with van der Waals surface area (Å²) in [5.74, 6) is 1.05. The van der Waals surface area contributed by atoms with Crippen LogP contribution in [0.2, 0.25) is 0 Å². The largest absolute Gasteiger partial charge is 0.384 e. The molecule has 0 atom stereocenters. The first-order chi connectivity index (χ1) is 12.6. The van der Waals surface area contributed by atoms with Gasteiger partial charge >= 0.3 is 0 Å². The molecule has 0 unspecified atom stereocenters. The first-order valence-electron chi connectivity index (χ1n) is 8.80. The van der Waals surface area contributed by atoms with E-state index in [0.717, 1.165) is 58.8 Å². The van der Waals surface area contributed by atoms with Crippen LogP contribution in [0.5, 0.6) is 0 Å². The molecule has 8 heteroatoms. The number of fused-ring (bicyclic) bond motifs is 1. The fraction of sp³-hybridized carbons (Fsp3) is 0.389. The Morgan fingerprint density at radius 3 is 3.04 bits per heavy atom. The van der Waals surface area contributed by atoms with Gasteiger partial charge in [-0.3, -0.25) is 9.89 Å². The van der Waals surface area contributed by atoms with Crippen molar-refractivity contribution in [2.24, 2.45) is 5.92 Å². The van der Waals surface area contributed by atoms with E-state index in [0.29, 0.717) is 5.82 Å². The number of hydrogen-bond acceptors (Lipinski definition) is 6. The maximum absolute atomic E-state index is 12.0. The lowest BCUT2D eigenvalue weighted by molar-refractivity contribution is -0.131. The highest BCUT2D eigenvalue weighted by molar-refractivity contribution is 7.22. The van der Waals surface area contributed by atoms with Gasteiger partial charge in [-0.15, -0.1) is 11.3 Å². The fourth-order valence-electron chi connectivity index (χ4n) is 2.99. The van der Waals surface area contributed by atoms with E-state index in [1.807, 2.05) is 30.1 Å². The van der Waals surface area contributed by atoms with E-state index < -0.39 is 0 Å². The van der Waals surface area contributed by atoms with E-state index in [4.69, 9.17) is 5.73 Å². The molecule has 3 aromatic rings. The van der Waals surface area contributed by atoms with Gasteiger partial charge in [0, 0.05) is 38.3 Å². The summed E-state index contributed by atoms with van der Waals surface area (Å²) in [7, 11) is 1.89. The standard InChI is InChI=1S/C18H22N6OS/c1-24(18(25)11-3-4-11)8-2-6-20-13-10-16(19)22-14-9-15(26-17(13)14)12-5-7-21-23-12/h5,7,9-11H,2-4,6,8H2,1H3,(H,21,23)(H3,19,20,22). The van der Waals surface area contributed by atoms with Gasteiger partial charge in [0.15, 0.2) is 0 Å².